The fourth-order valence-corrected chi connectivity index (χ4v) is 4.91. The summed E-state index contributed by atoms with van der Waals surface area (Å²) < 4.78 is 6.33. The van der Waals surface area contributed by atoms with Crippen LogP contribution in [0, 0.1) is 5.41 Å². The first-order valence-corrected chi connectivity index (χ1v) is 11.1. The minimum atomic E-state index is -0.386. The molecule has 0 bridgehead atoms. The van der Waals surface area contributed by atoms with Crippen molar-refractivity contribution in [1.82, 2.24) is 4.90 Å². The van der Waals surface area contributed by atoms with E-state index >= 15 is 0 Å². The average Bonchev–Trinajstić information content (AvgIpc) is 2.77. The van der Waals surface area contributed by atoms with Gasteiger partial charge >= 0.3 is 0 Å². The zero-order valence-electron chi connectivity index (χ0n) is 17.6. The van der Waals surface area contributed by atoms with Crippen molar-refractivity contribution >= 4 is 5.78 Å². The number of rotatable bonds is 6. The van der Waals surface area contributed by atoms with Crippen molar-refractivity contribution in [1.29, 1.82) is 0 Å². The Kier molecular flexibility index (Phi) is 6.46. The lowest BCUT2D eigenvalue weighted by Crippen LogP contribution is -2.50. The summed E-state index contributed by atoms with van der Waals surface area (Å²) in [7, 11) is 0. The third-order valence-corrected chi connectivity index (χ3v) is 6.73. The molecule has 2 fully saturated rings. The molecule has 0 aromatic heterocycles. The monoisotopic (exact) mass is 391 g/mol. The molecule has 3 heteroatoms. The van der Waals surface area contributed by atoms with Crippen molar-refractivity contribution in [3.63, 3.8) is 0 Å². The number of hydrogen-bond acceptors (Lipinski definition) is 3. The molecule has 1 saturated carbocycles. The number of likely N-dealkylation sites (tertiary alicyclic amines) is 1. The van der Waals surface area contributed by atoms with E-state index in [0.29, 0.717) is 30.8 Å². The summed E-state index contributed by atoms with van der Waals surface area (Å²) in [4.78, 5) is 15.1. The second-order valence-electron chi connectivity index (χ2n) is 9.13. The van der Waals surface area contributed by atoms with Gasteiger partial charge in [0.15, 0.2) is 0 Å². The lowest BCUT2D eigenvalue weighted by Gasteiger charge is -2.40. The summed E-state index contributed by atoms with van der Waals surface area (Å²) in [6, 6.07) is 21.4. The predicted octanol–water partition coefficient (Wildman–Crippen LogP) is 5.21. The quantitative estimate of drug-likeness (QED) is 0.677. The number of nitrogens with zero attached hydrogens (tertiary/aromatic N) is 1. The predicted molar refractivity (Wildman–Crippen MR) is 117 cm³/mol. The maximum absolute atomic E-state index is 12.7. The second-order valence-corrected chi connectivity index (χ2v) is 9.13. The zero-order chi connectivity index (χ0) is 20.1. The topological polar surface area (TPSA) is 29.5 Å². The van der Waals surface area contributed by atoms with Crippen LogP contribution in [0.15, 0.2) is 60.7 Å². The molecular formula is C26H33NO2. The number of hydrogen-bond donors (Lipinski definition) is 0. The minimum Gasteiger partial charge on any atom is -0.377 e. The van der Waals surface area contributed by atoms with Crippen LogP contribution < -0.4 is 0 Å². The van der Waals surface area contributed by atoms with Crippen LogP contribution in [0.3, 0.4) is 0 Å². The smallest absolute Gasteiger partial charge is 0.143 e. The van der Waals surface area contributed by atoms with Gasteiger partial charge in [-0.15, -0.1) is 0 Å². The van der Waals surface area contributed by atoms with Crippen molar-refractivity contribution in [2.24, 2.45) is 5.41 Å². The van der Waals surface area contributed by atoms with E-state index in [2.05, 4.69) is 66.4 Å². The molecule has 3 nitrogen and oxygen atoms in total. The fourth-order valence-electron chi connectivity index (χ4n) is 4.91. The van der Waals surface area contributed by atoms with Crippen LogP contribution >= 0.6 is 0 Å². The molecule has 1 aliphatic carbocycles. The molecule has 0 radical (unpaired) electrons. The fraction of sp³-hybridized carbons (Fsp3) is 0.500. The summed E-state index contributed by atoms with van der Waals surface area (Å²) in [5.74, 6) is 1.02. The van der Waals surface area contributed by atoms with E-state index in [1.807, 2.05) is 6.07 Å². The minimum absolute atomic E-state index is 0.295. The van der Waals surface area contributed by atoms with Crippen LogP contribution in [0.1, 0.15) is 56.1 Å². The van der Waals surface area contributed by atoms with Crippen LogP contribution in [0.2, 0.25) is 0 Å². The van der Waals surface area contributed by atoms with Gasteiger partial charge < -0.3 is 4.74 Å². The highest BCUT2D eigenvalue weighted by atomic mass is 16.5. The normalized spacial score (nSPS) is 28.4. The largest absolute Gasteiger partial charge is 0.377 e. The highest BCUT2D eigenvalue weighted by molar-refractivity contribution is 5.85. The van der Waals surface area contributed by atoms with Gasteiger partial charge in [-0.3, -0.25) is 9.69 Å². The summed E-state index contributed by atoms with van der Waals surface area (Å²) >= 11 is 0. The van der Waals surface area contributed by atoms with E-state index in [1.54, 1.807) is 0 Å². The van der Waals surface area contributed by atoms with Crippen LogP contribution in [-0.4, -0.2) is 36.5 Å². The summed E-state index contributed by atoms with van der Waals surface area (Å²) in [6.07, 6.45) is 5.48. The zero-order valence-corrected chi connectivity index (χ0v) is 17.6. The first-order valence-electron chi connectivity index (χ1n) is 11.1. The van der Waals surface area contributed by atoms with Crippen LogP contribution in [0.4, 0.5) is 0 Å². The molecule has 1 aliphatic heterocycles. The molecule has 154 valence electrons. The van der Waals surface area contributed by atoms with E-state index in [1.165, 1.54) is 24.0 Å². The van der Waals surface area contributed by atoms with Crippen molar-refractivity contribution in [3.8, 4) is 0 Å². The Balaban J connectivity index is 1.28. The van der Waals surface area contributed by atoms with Gasteiger partial charge in [0, 0.05) is 26.1 Å². The van der Waals surface area contributed by atoms with Crippen LogP contribution in [0.5, 0.6) is 0 Å². The van der Waals surface area contributed by atoms with Crippen LogP contribution in [-0.2, 0) is 16.1 Å². The number of carbonyl (C=O) groups excluding carboxylic acids is 1. The van der Waals surface area contributed by atoms with Crippen molar-refractivity contribution in [3.05, 3.63) is 71.8 Å². The maximum Gasteiger partial charge on any atom is 0.143 e. The van der Waals surface area contributed by atoms with Crippen molar-refractivity contribution in [2.75, 3.05) is 19.7 Å². The Bertz CT molecular complexity index is 783. The van der Waals surface area contributed by atoms with E-state index in [9.17, 15) is 4.79 Å². The third kappa shape index (κ3) is 5.15. The first kappa shape index (κ1) is 20.3. The molecule has 2 aliphatic rings. The van der Waals surface area contributed by atoms with E-state index < -0.39 is 0 Å². The molecule has 29 heavy (non-hydrogen) atoms. The van der Waals surface area contributed by atoms with Gasteiger partial charge in [0.1, 0.15) is 5.78 Å². The number of piperidine rings is 1. The highest BCUT2D eigenvalue weighted by Gasteiger charge is 2.39. The second kappa shape index (κ2) is 9.23. The number of ether oxygens (including phenoxy) is 1. The SMILES string of the molecule is C[C@@]1(CO[C@H]2CC[C@@H](c3ccccc3)CC2)CN(Cc2ccccc2)CCC1=O. The van der Waals surface area contributed by atoms with E-state index in [4.69, 9.17) is 4.74 Å². The molecule has 0 spiro atoms. The molecule has 0 amide bonds. The maximum atomic E-state index is 12.7. The lowest BCUT2D eigenvalue weighted by atomic mass is 9.80. The Hall–Kier alpha value is -1.97. The molecule has 1 heterocycles. The Morgan fingerprint density at radius 1 is 0.966 bits per heavy atom. The Morgan fingerprint density at radius 2 is 1.62 bits per heavy atom. The number of ketones is 1. The summed E-state index contributed by atoms with van der Waals surface area (Å²) in [5, 5.41) is 0. The van der Waals surface area contributed by atoms with Gasteiger partial charge in [-0.1, -0.05) is 60.7 Å². The Morgan fingerprint density at radius 3 is 2.31 bits per heavy atom. The van der Waals surface area contributed by atoms with Gasteiger partial charge in [0.05, 0.1) is 18.1 Å². The van der Waals surface area contributed by atoms with E-state index in [-0.39, 0.29) is 5.41 Å². The molecule has 4 rings (SSSR count). The molecule has 0 N–H and O–H groups in total. The summed E-state index contributed by atoms with van der Waals surface area (Å²) in [6.45, 7) is 5.21. The molecule has 1 atom stereocenters. The van der Waals surface area contributed by atoms with Gasteiger partial charge in [0.2, 0.25) is 0 Å². The molecule has 2 aromatic rings. The molecule has 0 unspecified atom stereocenters. The first-order chi connectivity index (χ1) is 14.1. The average molecular weight is 392 g/mol. The number of carbonyl (C=O) groups is 1. The molecule has 1 saturated heterocycles. The Labute approximate surface area is 175 Å². The van der Waals surface area contributed by atoms with E-state index in [0.717, 1.165) is 32.5 Å². The van der Waals surface area contributed by atoms with Crippen molar-refractivity contribution < 1.29 is 9.53 Å². The third-order valence-electron chi connectivity index (χ3n) is 6.73. The molecule has 2 aromatic carbocycles. The summed E-state index contributed by atoms with van der Waals surface area (Å²) in [5.41, 5.74) is 2.38. The number of Topliss-reactive ketones (excluding diaryl/α,β-unsaturated/α-hetero) is 1. The standard InChI is InChI=1S/C26H33NO2/c1-26(19-27(17-16-25(26)28)18-21-8-4-2-5-9-21)20-29-24-14-12-23(13-15-24)22-10-6-3-7-11-22/h2-11,23-24H,12-20H2,1H3/t23-,24+,26-/m0/s1. The number of benzene rings is 2. The van der Waals surface area contributed by atoms with Gasteiger partial charge in [0.25, 0.3) is 0 Å². The lowest BCUT2D eigenvalue weighted by molar-refractivity contribution is -0.140. The van der Waals surface area contributed by atoms with Gasteiger partial charge in [-0.05, 0) is 49.7 Å². The van der Waals surface area contributed by atoms with Gasteiger partial charge in [-0.2, -0.15) is 0 Å². The van der Waals surface area contributed by atoms with Crippen LogP contribution in [0.25, 0.3) is 0 Å². The highest BCUT2D eigenvalue weighted by Crippen LogP contribution is 2.35. The van der Waals surface area contributed by atoms with Gasteiger partial charge in [-0.25, -0.2) is 0 Å². The van der Waals surface area contributed by atoms with Crippen molar-refractivity contribution in [2.45, 2.75) is 57.6 Å². The molecular weight excluding hydrogens is 358 g/mol.